The van der Waals surface area contributed by atoms with E-state index in [1.54, 1.807) is 12.1 Å². The Bertz CT molecular complexity index is 892. The molecule has 2 aromatic carbocycles. The molecule has 0 spiro atoms. The maximum Gasteiger partial charge on any atom is 0.314 e. The number of carbonyl (C=O) groups is 1. The number of benzene rings is 2. The Labute approximate surface area is 206 Å². The van der Waals surface area contributed by atoms with Crippen LogP contribution in [-0.2, 0) is 4.79 Å². The van der Waals surface area contributed by atoms with E-state index < -0.39 is 0 Å². The van der Waals surface area contributed by atoms with Gasteiger partial charge in [-0.05, 0) is 68.1 Å². The van der Waals surface area contributed by atoms with Crippen LogP contribution < -0.4 is 4.74 Å². The fourth-order valence-electron chi connectivity index (χ4n) is 5.52. The third kappa shape index (κ3) is 7.17. The van der Waals surface area contributed by atoms with Crippen LogP contribution >= 0.6 is 0 Å². The highest BCUT2D eigenvalue weighted by Crippen LogP contribution is 2.37. The van der Waals surface area contributed by atoms with Gasteiger partial charge in [0.05, 0.1) is 5.92 Å². The van der Waals surface area contributed by atoms with Crippen LogP contribution in [0.5, 0.6) is 5.75 Å². The predicted octanol–water partition coefficient (Wildman–Crippen LogP) is 9.47. The van der Waals surface area contributed by atoms with E-state index in [0.717, 1.165) is 62.8 Å². The van der Waals surface area contributed by atoms with Crippen LogP contribution in [0.3, 0.4) is 0 Å². The standard InChI is InChI=1S/C31H43FO2/c1-4-7-8-13-23-16-18-25(19-17-23)31(33)34-30-15-10-9-14-28(30)27-21-20-26(22-29(27)32)24(11-5-2)12-6-3/h9-10,14-15,20-25H,4-8,11-13,16-19H2,1-3H3. The van der Waals surface area contributed by atoms with Gasteiger partial charge < -0.3 is 4.74 Å². The number of hydrogen-bond acceptors (Lipinski definition) is 2. The molecule has 34 heavy (non-hydrogen) atoms. The first kappa shape index (κ1) is 26.4. The zero-order valence-corrected chi connectivity index (χ0v) is 21.5. The molecule has 1 fully saturated rings. The van der Waals surface area contributed by atoms with Crippen LogP contribution in [0.4, 0.5) is 4.39 Å². The van der Waals surface area contributed by atoms with Gasteiger partial charge in [-0.25, -0.2) is 4.39 Å². The second-order valence-electron chi connectivity index (χ2n) is 10.1. The molecule has 0 aliphatic heterocycles. The minimum absolute atomic E-state index is 0.0495. The lowest BCUT2D eigenvalue weighted by Crippen LogP contribution is -2.25. The summed E-state index contributed by atoms with van der Waals surface area (Å²) in [5, 5.41) is 0. The van der Waals surface area contributed by atoms with Crippen LogP contribution in [0.15, 0.2) is 42.5 Å². The molecule has 0 unspecified atom stereocenters. The molecule has 0 radical (unpaired) electrons. The van der Waals surface area contributed by atoms with Crippen molar-refractivity contribution in [3.8, 4) is 16.9 Å². The molecule has 2 aromatic rings. The minimum Gasteiger partial charge on any atom is -0.426 e. The highest BCUT2D eigenvalue weighted by atomic mass is 19.1. The number of carbonyl (C=O) groups excluding carboxylic acids is 1. The van der Waals surface area contributed by atoms with Gasteiger partial charge in [-0.1, -0.05) is 89.6 Å². The molecule has 0 N–H and O–H groups in total. The highest BCUT2D eigenvalue weighted by molar-refractivity contribution is 5.79. The van der Waals surface area contributed by atoms with Gasteiger partial charge in [-0.2, -0.15) is 0 Å². The van der Waals surface area contributed by atoms with Crippen molar-refractivity contribution in [3.63, 3.8) is 0 Å². The van der Waals surface area contributed by atoms with Crippen molar-refractivity contribution in [2.45, 2.75) is 104 Å². The Morgan fingerprint density at radius 2 is 1.62 bits per heavy atom. The quantitative estimate of drug-likeness (QED) is 0.177. The Balaban J connectivity index is 1.69. The average molecular weight is 467 g/mol. The van der Waals surface area contributed by atoms with E-state index in [1.807, 2.05) is 30.3 Å². The molecule has 3 rings (SSSR count). The van der Waals surface area contributed by atoms with E-state index in [9.17, 15) is 4.79 Å². The SMILES string of the molecule is CCCCCC1CCC(C(=O)Oc2ccccc2-c2ccc(C(CCC)CCC)cc2F)CC1. The molecular weight excluding hydrogens is 423 g/mol. The average Bonchev–Trinajstić information content (AvgIpc) is 2.85. The summed E-state index contributed by atoms with van der Waals surface area (Å²) >= 11 is 0. The number of hydrogen-bond donors (Lipinski definition) is 0. The normalized spacial score (nSPS) is 18.3. The van der Waals surface area contributed by atoms with E-state index >= 15 is 4.39 Å². The van der Waals surface area contributed by atoms with Crippen molar-refractivity contribution in [3.05, 3.63) is 53.8 Å². The summed E-state index contributed by atoms with van der Waals surface area (Å²) in [4.78, 5) is 13.0. The summed E-state index contributed by atoms with van der Waals surface area (Å²) < 4.78 is 21.2. The van der Waals surface area contributed by atoms with Gasteiger partial charge in [0, 0.05) is 11.1 Å². The van der Waals surface area contributed by atoms with Gasteiger partial charge >= 0.3 is 5.97 Å². The molecule has 0 bridgehead atoms. The second-order valence-corrected chi connectivity index (χ2v) is 10.1. The van der Waals surface area contributed by atoms with Gasteiger partial charge in [-0.3, -0.25) is 4.79 Å². The van der Waals surface area contributed by atoms with Gasteiger partial charge in [0.1, 0.15) is 11.6 Å². The number of esters is 1. The summed E-state index contributed by atoms with van der Waals surface area (Å²) in [6.07, 6.45) is 13.5. The second kappa shape index (κ2) is 13.7. The molecule has 0 heterocycles. The summed E-state index contributed by atoms with van der Waals surface area (Å²) in [5.41, 5.74) is 2.21. The largest absolute Gasteiger partial charge is 0.426 e. The molecule has 0 aromatic heterocycles. The number of para-hydroxylation sites is 1. The zero-order valence-electron chi connectivity index (χ0n) is 21.5. The fraction of sp³-hybridized carbons (Fsp3) is 0.581. The van der Waals surface area contributed by atoms with Crippen molar-refractivity contribution in [1.82, 2.24) is 0 Å². The first-order chi connectivity index (χ1) is 16.6. The molecular formula is C31H43FO2. The van der Waals surface area contributed by atoms with Gasteiger partial charge in [0.15, 0.2) is 0 Å². The topological polar surface area (TPSA) is 26.3 Å². The summed E-state index contributed by atoms with van der Waals surface area (Å²) in [6, 6.07) is 12.9. The van der Waals surface area contributed by atoms with Crippen LogP contribution in [0.2, 0.25) is 0 Å². The van der Waals surface area contributed by atoms with E-state index in [1.165, 1.54) is 25.7 Å². The number of halogens is 1. The number of rotatable bonds is 12. The molecule has 186 valence electrons. The molecule has 0 saturated heterocycles. The van der Waals surface area contributed by atoms with Crippen molar-refractivity contribution in [2.24, 2.45) is 11.8 Å². The lowest BCUT2D eigenvalue weighted by atomic mass is 9.80. The summed E-state index contributed by atoms with van der Waals surface area (Å²) in [5.74, 6) is 1.14. The Hall–Kier alpha value is -2.16. The zero-order chi connectivity index (χ0) is 24.3. The van der Waals surface area contributed by atoms with E-state index in [4.69, 9.17) is 4.74 Å². The third-order valence-electron chi connectivity index (χ3n) is 7.52. The van der Waals surface area contributed by atoms with Crippen LogP contribution in [0.1, 0.15) is 109 Å². The van der Waals surface area contributed by atoms with Gasteiger partial charge in [-0.15, -0.1) is 0 Å². The third-order valence-corrected chi connectivity index (χ3v) is 7.52. The van der Waals surface area contributed by atoms with E-state index in [-0.39, 0.29) is 17.7 Å². The maximum atomic E-state index is 15.3. The molecule has 1 aliphatic rings. The summed E-state index contributed by atoms with van der Waals surface area (Å²) in [6.45, 7) is 6.59. The molecule has 0 amide bonds. The Morgan fingerprint density at radius 3 is 2.26 bits per heavy atom. The maximum absolute atomic E-state index is 15.3. The molecule has 0 atom stereocenters. The highest BCUT2D eigenvalue weighted by Gasteiger charge is 2.28. The number of ether oxygens (including phenoxy) is 1. The predicted molar refractivity (Wildman–Crippen MR) is 140 cm³/mol. The van der Waals surface area contributed by atoms with E-state index in [0.29, 0.717) is 22.8 Å². The van der Waals surface area contributed by atoms with Crippen molar-refractivity contribution >= 4 is 5.97 Å². The van der Waals surface area contributed by atoms with Gasteiger partial charge in [0.2, 0.25) is 0 Å². The number of unbranched alkanes of at least 4 members (excludes halogenated alkanes) is 2. The smallest absolute Gasteiger partial charge is 0.314 e. The summed E-state index contributed by atoms with van der Waals surface area (Å²) in [7, 11) is 0. The van der Waals surface area contributed by atoms with Crippen LogP contribution in [0, 0.1) is 17.7 Å². The Kier molecular flexibility index (Phi) is 10.6. The molecule has 2 nitrogen and oxygen atoms in total. The van der Waals surface area contributed by atoms with Crippen molar-refractivity contribution in [2.75, 3.05) is 0 Å². The lowest BCUT2D eigenvalue weighted by Gasteiger charge is -2.27. The first-order valence-electron chi connectivity index (χ1n) is 13.7. The molecule has 1 aliphatic carbocycles. The lowest BCUT2D eigenvalue weighted by molar-refractivity contribution is -0.140. The first-order valence-corrected chi connectivity index (χ1v) is 13.7. The molecule has 1 saturated carbocycles. The van der Waals surface area contributed by atoms with Crippen LogP contribution in [-0.4, -0.2) is 5.97 Å². The van der Waals surface area contributed by atoms with Crippen molar-refractivity contribution in [1.29, 1.82) is 0 Å². The van der Waals surface area contributed by atoms with Crippen molar-refractivity contribution < 1.29 is 13.9 Å². The van der Waals surface area contributed by atoms with Crippen LogP contribution in [0.25, 0.3) is 11.1 Å². The Morgan fingerprint density at radius 1 is 0.912 bits per heavy atom. The monoisotopic (exact) mass is 466 g/mol. The molecule has 3 heteroatoms. The van der Waals surface area contributed by atoms with E-state index in [2.05, 4.69) is 20.8 Å². The van der Waals surface area contributed by atoms with Gasteiger partial charge in [0.25, 0.3) is 0 Å². The minimum atomic E-state index is -0.245. The fourth-order valence-corrected chi connectivity index (χ4v) is 5.52.